The molecule has 29 nitrogen and oxygen atoms in total. The Morgan fingerprint density at radius 2 is 1.33 bits per heavy atom. The number of carbonyl (C=O) groups excluding carboxylic acids is 11. The molecular weight excluding hydrogens is 1180 g/mol. The Balaban J connectivity index is 1.24. The molecule has 0 saturated carbocycles. The molecule has 2 fully saturated rings. The Kier molecular flexibility index (Phi) is 26.0. The average Bonchev–Trinajstić information content (AvgIpc) is 1.93. The van der Waals surface area contributed by atoms with E-state index in [9.17, 15) is 63.0 Å². The number of aliphatic hydroxyl groups is 1. The highest BCUT2D eigenvalue weighted by Gasteiger charge is 2.40. The number of imidazole rings is 1. The summed E-state index contributed by atoms with van der Waals surface area (Å²) in [5, 5.41) is 46.1. The first-order chi connectivity index (χ1) is 43.2. The predicted molar refractivity (Wildman–Crippen MR) is 332 cm³/mol. The highest BCUT2D eigenvalue weighted by Crippen LogP contribution is 2.22. The number of aromatic nitrogens is 3. The molecule has 6 rings (SSSR count). The van der Waals surface area contributed by atoms with Crippen LogP contribution in [-0.4, -0.2) is 181 Å². The molecule has 15 N–H and O–H groups in total. The van der Waals surface area contributed by atoms with Gasteiger partial charge in [0.15, 0.2) is 0 Å². The van der Waals surface area contributed by atoms with Gasteiger partial charge in [-0.05, 0) is 101 Å². The average molecular weight is 1270 g/mol. The molecule has 4 aromatic rings. The maximum Gasteiger partial charge on any atom is 0.261 e. The number of hydrogen-bond donors (Lipinski definition) is 15. The zero-order chi connectivity index (χ0) is 66.5. The molecule has 0 aliphatic carbocycles. The van der Waals surface area contributed by atoms with Crippen LogP contribution in [0.5, 0.6) is 5.75 Å². The number of aromatic hydroxyl groups is 1. The Labute approximate surface area is 527 Å². The number of para-hydroxylation sites is 1. The number of aliphatic hydroxyl groups excluding tert-OH is 1. The van der Waals surface area contributed by atoms with Crippen LogP contribution in [0.15, 0.2) is 79.5 Å². The van der Waals surface area contributed by atoms with Crippen molar-refractivity contribution < 1.29 is 67.7 Å². The molecule has 2 saturated heterocycles. The summed E-state index contributed by atoms with van der Waals surface area (Å²) in [6.45, 7) is 14.7. The Morgan fingerprint density at radius 1 is 0.725 bits per heavy atom. The van der Waals surface area contributed by atoms with Gasteiger partial charge in [0.25, 0.3) is 5.91 Å². The first-order valence-corrected chi connectivity index (χ1v) is 30.4. The summed E-state index contributed by atoms with van der Waals surface area (Å²) in [4.78, 5) is 164. The second-order valence-corrected chi connectivity index (χ2v) is 24.2. The van der Waals surface area contributed by atoms with Crippen molar-refractivity contribution >= 4 is 75.9 Å². The van der Waals surface area contributed by atoms with E-state index < -0.39 is 132 Å². The van der Waals surface area contributed by atoms with Crippen LogP contribution in [0.2, 0.25) is 0 Å². The Hall–Kier alpha value is -9.38. The van der Waals surface area contributed by atoms with Crippen LogP contribution in [0.3, 0.4) is 0 Å². The number of hydrogen-bond acceptors (Lipinski definition) is 16. The van der Waals surface area contributed by atoms with E-state index in [1.54, 1.807) is 58.2 Å². The van der Waals surface area contributed by atoms with Crippen LogP contribution in [-0.2, 0) is 76.7 Å². The Bertz CT molecular complexity index is 3220. The normalized spacial score (nSPS) is 17.0. The summed E-state index contributed by atoms with van der Waals surface area (Å²) in [6.07, 6.45) is 5.48. The van der Waals surface area contributed by atoms with E-state index in [1.165, 1.54) is 48.6 Å². The number of phenolic OH excluding ortho intramolecular Hbond substituents is 1. The monoisotopic (exact) mass is 1270 g/mol. The minimum absolute atomic E-state index is 0.0473. The minimum Gasteiger partial charge on any atom is -0.508 e. The minimum atomic E-state index is -1.79. The number of carbonyl (C=O) groups is 11. The number of phenols is 1. The fourth-order valence-electron chi connectivity index (χ4n) is 10.4. The van der Waals surface area contributed by atoms with Gasteiger partial charge >= 0.3 is 0 Å². The number of nitrogens with one attached hydrogen (secondary N) is 13. The molecule has 0 spiro atoms. The molecule has 2 aliphatic heterocycles. The van der Waals surface area contributed by atoms with Gasteiger partial charge in [0.05, 0.1) is 25.1 Å². The molecule has 91 heavy (non-hydrogen) atoms. The van der Waals surface area contributed by atoms with Crippen LogP contribution < -0.4 is 58.7 Å². The smallest absolute Gasteiger partial charge is 0.261 e. The van der Waals surface area contributed by atoms with Gasteiger partial charge in [0.1, 0.15) is 60.1 Å². The molecule has 0 radical (unpaired) electrons. The lowest BCUT2D eigenvalue weighted by Crippen LogP contribution is -2.62. The molecule has 9 atom stereocenters. The number of benzene rings is 2. The number of aromatic amines is 2. The van der Waals surface area contributed by atoms with Crippen LogP contribution in [0, 0.1) is 5.92 Å². The number of fused-ring (bicyclic) bond motifs is 1. The van der Waals surface area contributed by atoms with Gasteiger partial charge in [0.2, 0.25) is 59.1 Å². The van der Waals surface area contributed by atoms with E-state index in [1.807, 2.05) is 13.8 Å². The van der Waals surface area contributed by atoms with Crippen molar-refractivity contribution in [3.05, 3.63) is 96.3 Å². The van der Waals surface area contributed by atoms with E-state index in [2.05, 4.69) is 80.2 Å². The van der Waals surface area contributed by atoms with Crippen molar-refractivity contribution in [1.82, 2.24) is 78.6 Å². The van der Waals surface area contributed by atoms with Gasteiger partial charge < -0.3 is 77.7 Å². The number of amides is 11. The van der Waals surface area contributed by atoms with Crippen LogP contribution in [0.25, 0.3) is 10.9 Å². The molecule has 2 aliphatic rings. The molecule has 2 aromatic heterocycles. The number of ether oxygens (including phenoxy) is 1. The largest absolute Gasteiger partial charge is 0.508 e. The summed E-state index contributed by atoms with van der Waals surface area (Å²) in [5.74, 6) is -8.47. The van der Waals surface area contributed by atoms with Gasteiger partial charge in [-0.25, -0.2) is 4.98 Å². The lowest BCUT2D eigenvalue weighted by atomic mass is 10.0. The summed E-state index contributed by atoms with van der Waals surface area (Å²) in [7, 11) is 0. The zero-order valence-corrected chi connectivity index (χ0v) is 52.4. The standard InChI is InChI=1S/C62H87N15O14/c1-34(2)25-45(54(83)68-44(15-11-23-64-35(3)4)61(90)77-24-12-16-51(77)60(89)76-75-36(5)79)69-59(88)50(32-91-62(6,7)8)74-55(84)46(26-37-17-19-40(80)20-18-37)70-58(87)49(31-78)73-56(85)47(27-38-29-65-42-14-10-9-13-41(38)42)71-57(86)48(28-39-30-63-33-66-39)72-53(82)43-21-22-52(81)67-43/h9-10,13-14,17-20,29-30,33-34,43-51,64-65,78,80H,3,11-12,15-16,21-28,31-32H2,1-2,4-8H3,(H,63,66)(H,67,81)(H,68,83)(H,69,88)(H,70,87)(H,71,86)(H,72,82)(H,73,85)(H,74,84)(H,75,79)(H,76,89). The van der Waals surface area contributed by atoms with E-state index in [0.717, 1.165) is 0 Å². The van der Waals surface area contributed by atoms with E-state index in [-0.39, 0.29) is 69.1 Å². The summed E-state index contributed by atoms with van der Waals surface area (Å²) in [6, 6.07) is 0.753. The van der Waals surface area contributed by atoms with Crippen molar-refractivity contribution in [3.63, 3.8) is 0 Å². The molecule has 4 heterocycles. The van der Waals surface area contributed by atoms with Crippen LogP contribution in [0.4, 0.5) is 0 Å². The lowest BCUT2D eigenvalue weighted by Gasteiger charge is -2.31. The molecule has 0 bridgehead atoms. The highest BCUT2D eigenvalue weighted by atomic mass is 16.5. The van der Waals surface area contributed by atoms with E-state index >= 15 is 0 Å². The van der Waals surface area contributed by atoms with Crippen molar-refractivity contribution in [2.24, 2.45) is 5.92 Å². The predicted octanol–water partition coefficient (Wildman–Crippen LogP) is -0.788. The number of hydrazine groups is 1. The second-order valence-electron chi connectivity index (χ2n) is 24.2. The maximum absolute atomic E-state index is 14.8. The SMILES string of the molecule is C=C(C)NCCCC(NC(=O)C(CC(C)C)NC(=O)C(COC(C)(C)C)NC(=O)C(Cc1ccc(O)cc1)NC(=O)C(CO)NC(=O)C(Cc1c[nH]c2ccccc12)NC(=O)C(Cc1cnc[nH]1)NC(=O)C1CCC(=O)N1)C(=O)N1CCCC1C(=O)NNC(C)=O. The van der Waals surface area contributed by atoms with Crippen LogP contribution >= 0.6 is 0 Å². The third-order valence-electron chi connectivity index (χ3n) is 15.0. The topological polar surface area (TPSA) is 417 Å². The van der Waals surface area contributed by atoms with Gasteiger partial charge in [-0.15, -0.1) is 0 Å². The van der Waals surface area contributed by atoms with Gasteiger partial charge in [-0.2, -0.15) is 0 Å². The number of likely N-dealkylation sites (tertiary alicyclic amines) is 1. The molecular formula is C62H87N15O14. The Morgan fingerprint density at radius 3 is 1.95 bits per heavy atom. The summed E-state index contributed by atoms with van der Waals surface area (Å²) < 4.78 is 6.05. The fraction of sp³-hybridized carbons (Fsp3) is 0.516. The summed E-state index contributed by atoms with van der Waals surface area (Å²) in [5.41, 5.74) is 6.49. The quantitative estimate of drug-likeness (QED) is 0.0210. The number of H-pyrrole nitrogens is 2. The lowest BCUT2D eigenvalue weighted by molar-refractivity contribution is -0.143. The van der Waals surface area contributed by atoms with E-state index in [4.69, 9.17) is 4.74 Å². The first-order valence-electron chi connectivity index (χ1n) is 30.4. The number of allylic oxidation sites excluding steroid dienone is 1. The maximum atomic E-state index is 14.8. The molecule has 11 amide bonds. The van der Waals surface area contributed by atoms with Crippen molar-refractivity contribution in [1.29, 1.82) is 0 Å². The van der Waals surface area contributed by atoms with E-state index in [0.29, 0.717) is 59.2 Å². The van der Waals surface area contributed by atoms with Crippen LogP contribution in [0.1, 0.15) is 110 Å². The number of rotatable bonds is 32. The molecule has 29 heteroatoms. The molecule has 9 unspecified atom stereocenters. The third kappa shape index (κ3) is 22.0. The molecule has 2 aromatic carbocycles. The first kappa shape index (κ1) is 70.7. The van der Waals surface area contributed by atoms with Crippen molar-refractivity contribution in [2.75, 3.05) is 26.3 Å². The van der Waals surface area contributed by atoms with Gasteiger partial charge in [-0.1, -0.05) is 50.8 Å². The zero-order valence-electron chi connectivity index (χ0n) is 52.4. The van der Waals surface area contributed by atoms with Crippen molar-refractivity contribution in [3.8, 4) is 5.75 Å². The fourth-order valence-corrected chi connectivity index (χ4v) is 10.4. The van der Waals surface area contributed by atoms with Gasteiger partial charge in [0, 0.05) is 80.4 Å². The number of nitrogens with zero attached hydrogens (tertiary/aromatic N) is 2. The second kappa shape index (κ2) is 33.4. The molecule has 494 valence electrons. The van der Waals surface area contributed by atoms with Gasteiger partial charge in [-0.3, -0.25) is 63.6 Å². The third-order valence-corrected chi connectivity index (χ3v) is 15.0. The highest BCUT2D eigenvalue weighted by molar-refractivity contribution is 5.99. The van der Waals surface area contributed by atoms with Crippen molar-refractivity contribution in [2.45, 2.75) is 173 Å². The summed E-state index contributed by atoms with van der Waals surface area (Å²) >= 11 is 0.